The molecule has 0 fully saturated rings. The fourth-order valence-electron chi connectivity index (χ4n) is 2.49. The van der Waals surface area contributed by atoms with Crippen molar-refractivity contribution in [3.05, 3.63) is 45.7 Å². The van der Waals surface area contributed by atoms with Gasteiger partial charge in [0.15, 0.2) is 0 Å². The smallest absolute Gasteiger partial charge is 0.123 e. The largest absolute Gasteiger partial charge is 0.312 e. The number of thioether (sulfide) groups is 1. The van der Waals surface area contributed by atoms with Gasteiger partial charge >= 0.3 is 0 Å². The van der Waals surface area contributed by atoms with Gasteiger partial charge < -0.3 is 5.32 Å². The van der Waals surface area contributed by atoms with Crippen molar-refractivity contribution in [1.82, 2.24) is 10.3 Å². The van der Waals surface area contributed by atoms with Crippen LogP contribution < -0.4 is 5.32 Å². The Balaban J connectivity index is 1.69. The van der Waals surface area contributed by atoms with E-state index in [1.54, 1.807) is 11.8 Å². The number of nitrogens with one attached hydrogen (secondary N) is 1. The highest BCUT2D eigenvalue weighted by atomic mass is 32.2. The van der Waals surface area contributed by atoms with Crippen LogP contribution in [-0.4, -0.2) is 12.0 Å². The lowest BCUT2D eigenvalue weighted by Gasteiger charge is -2.19. The van der Waals surface area contributed by atoms with Gasteiger partial charge in [-0.15, -0.1) is 23.1 Å². The lowest BCUT2D eigenvalue weighted by Crippen LogP contribution is -2.21. The van der Waals surface area contributed by atoms with Gasteiger partial charge in [-0.1, -0.05) is 0 Å². The Bertz CT molecular complexity index is 580. The van der Waals surface area contributed by atoms with Crippen LogP contribution in [0.4, 0.5) is 4.39 Å². The summed E-state index contributed by atoms with van der Waals surface area (Å²) in [4.78, 5) is 7.32. The number of fused-ring (bicyclic) bond motifs is 1. The first kappa shape index (κ1) is 14.0. The van der Waals surface area contributed by atoms with E-state index < -0.39 is 0 Å². The van der Waals surface area contributed by atoms with Gasteiger partial charge in [-0.05, 0) is 50.6 Å². The van der Waals surface area contributed by atoms with E-state index in [9.17, 15) is 4.39 Å². The summed E-state index contributed by atoms with van der Waals surface area (Å²) in [6.45, 7) is 0. The number of rotatable bonds is 4. The summed E-state index contributed by atoms with van der Waals surface area (Å²) < 4.78 is 12.9. The molecule has 0 bridgehead atoms. The summed E-state index contributed by atoms with van der Waals surface area (Å²) in [5, 5.41) is 4.52. The average Bonchev–Trinajstić information content (AvgIpc) is 2.89. The number of benzene rings is 1. The summed E-state index contributed by atoms with van der Waals surface area (Å²) in [5.41, 5.74) is 1.25. The Hall–Kier alpha value is -0.910. The zero-order valence-corrected chi connectivity index (χ0v) is 13.0. The Labute approximate surface area is 126 Å². The van der Waals surface area contributed by atoms with Gasteiger partial charge in [0, 0.05) is 9.77 Å². The third-order valence-electron chi connectivity index (χ3n) is 3.52. The fraction of sp³-hybridized carbons (Fsp3) is 0.400. The SMILES string of the molecule is CNC1CCCc2sc(CSc3ccc(F)cc3)nc21. The summed E-state index contributed by atoms with van der Waals surface area (Å²) >= 11 is 3.55. The van der Waals surface area contributed by atoms with Gasteiger partial charge in [0.2, 0.25) is 0 Å². The van der Waals surface area contributed by atoms with Gasteiger partial charge in [0.05, 0.1) is 17.5 Å². The highest BCUT2D eigenvalue weighted by Crippen LogP contribution is 2.35. The van der Waals surface area contributed by atoms with Crippen LogP contribution in [0.15, 0.2) is 29.2 Å². The first-order valence-corrected chi connectivity index (χ1v) is 8.60. The van der Waals surface area contributed by atoms with E-state index in [1.807, 2.05) is 30.5 Å². The van der Waals surface area contributed by atoms with Crippen molar-refractivity contribution in [2.24, 2.45) is 0 Å². The van der Waals surface area contributed by atoms with Crippen LogP contribution >= 0.6 is 23.1 Å². The van der Waals surface area contributed by atoms with Crippen LogP contribution in [0, 0.1) is 5.82 Å². The predicted molar refractivity (Wildman–Crippen MR) is 82.8 cm³/mol. The molecule has 1 heterocycles. The molecule has 5 heteroatoms. The predicted octanol–water partition coefficient (Wildman–Crippen LogP) is 4.17. The summed E-state index contributed by atoms with van der Waals surface area (Å²) in [6, 6.07) is 7.08. The molecule has 0 aliphatic heterocycles. The highest BCUT2D eigenvalue weighted by Gasteiger charge is 2.23. The molecule has 0 saturated carbocycles. The van der Waals surface area contributed by atoms with Crippen LogP contribution in [-0.2, 0) is 12.2 Å². The monoisotopic (exact) mass is 308 g/mol. The molecule has 1 aliphatic rings. The second-order valence-corrected chi connectivity index (χ2v) is 7.11. The topological polar surface area (TPSA) is 24.9 Å². The molecule has 20 heavy (non-hydrogen) atoms. The molecule has 0 saturated heterocycles. The normalized spacial score (nSPS) is 18.0. The first-order valence-electron chi connectivity index (χ1n) is 6.80. The minimum atomic E-state index is -0.184. The maximum absolute atomic E-state index is 12.9. The maximum atomic E-state index is 12.9. The Kier molecular flexibility index (Phi) is 4.38. The molecule has 2 aromatic rings. The molecule has 0 radical (unpaired) electrons. The molecule has 1 atom stereocenters. The number of aromatic nitrogens is 1. The number of aryl methyl sites for hydroxylation is 1. The summed E-state index contributed by atoms with van der Waals surface area (Å²) in [5.74, 6) is 0.677. The molecule has 1 N–H and O–H groups in total. The number of hydrogen-bond acceptors (Lipinski definition) is 4. The third kappa shape index (κ3) is 3.05. The molecule has 3 rings (SSSR count). The van der Waals surface area contributed by atoms with Crippen LogP contribution in [0.25, 0.3) is 0 Å². The van der Waals surface area contributed by atoms with Crippen LogP contribution in [0.5, 0.6) is 0 Å². The number of hydrogen-bond donors (Lipinski definition) is 1. The number of nitrogens with zero attached hydrogens (tertiary/aromatic N) is 1. The second kappa shape index (κ2) is 6.24. The van der Waals surface area contributed by atoms with E-state index in [0.717, 1.165) is 17.1 Å². The molecular weight excluding hydrogens is 291 g/mol. The lowest BCUT2D eigenvalue weighted by atomic mass is 9.98. The highest BCUT2D eigenvalue weighted by molar-refractivity contribution is 7.98. The molecule has 106 valence electrons. The van der Waals surface area contributed by atoms with E-state index >= 15 is 0 Å². The van der Waals surface area contributed by atoms with Gasteiger partial charge in [-0.3, -0.25) is 0 Å². The molecule has 0 amide bonds. The van der Waals surface area contributed by atoms with Crippen molar-refractivity contribution < 1.29 is 4.39 Å². The van der Waals surface area contributed by atoms with E-state index in [4.69, 9.17) is 4.98 Å². The van der Waals surface area contributed by atoms with Crippen LogP contribution in [0.2, 0.25) is 0 Å². The molecule has 1 aromatic carbocycles. The number of thiazole rings is 1. The second-order valence-electron chi connectivity index (χ2n) is 4.89. The third-order valence-corrected chi connectivity index (χ3v) is 5.86. The van der Waals surface area contributed by atoms with Crippen LogP contribution in [0.3, 0.4) is 0 Å². The van der Waals surface area contributed by atoms with E-state index in [2.05, 4.69) is 5.32 Å². The molecule has 0 spiro atoms. The molecular formula is C15H17FN2S2. The molecule has 1 aromatic heterocycles. The Morgan fingerprint density at radius 1 is 1.40 bits per heavy atom. The quantitative estimate of drug-likeness (QED) is 0.858. The van der Waals surface area contributed by atoms with Crippen molar-refractivity contribution in [2.75, 3.05) is 7.05 Å². The van der Waals surface area contributed by atoms with Gasteiger partial charge in [0.25, 0.3) is 0 Å². The fourth-order valence-corrected chi connectivity index (χ4v) is 4.55. The average molecular weight is 308 g/mol. The zero-order chi connectivity index (χ0) is 13.9. The van der Waals surface area contributed by atoms with Gasteiger partial charge in [-0.2, -0.15) is 0 Å². The van der Waals surface area contributed by atoms with Gasteiger partial charge in [0.1, 0.15) is 10.8 Å². The van der Waals surface area contributed by atoms with Crippen LogP contribution in [0.1, 0.15) is 34.5 Å². The molecule has 2 nitrogen and oxygen atoms in total. The van der Waals surface area contributed by atoms with Crippen molar-refractivity contribution in [3.63, 3.8) is 0 Å². The van der Waals surface area contributed by atoms with Crippen molar-refractivity contribution in [2.45, 2.75) is 36.0 Å². The van der Waals surface area contributed by atoms with E-state index in [0.29, 0.717) is 6.04 Å². The van der Waals surface area contributed by atoms with E-state index in [-0.39, 0.29) is 5.82 Å². The Morgan fingerprint density at radius 2 is 2.20 bits per heavy atom. The minimum Gasteiger partial charge on any atom is -0.312 e. The summed E-state index contributed by atoms with van der Waals surface area (Å²) in [6.07, 6.45) is 3.58. The number of halogens is 1. The van der Waals surface area contributed by atoms with Crippen molar-refractivity contribution in [3.8, 4) is 0 Å². The lowest BCUT2D eigenvalue weighted by molar-refractivity contribution is 0.489. The Morgan fingerprint density at radius 3 is 2.95 bits per heavy atom. The molecule has 1 aliphatic carbocycles. The van der Waals surface area contributed by atoms with E-state index in [1.165, 1.54) is 40.6 Å². The van der Waals surface area contributed by atoms with Crippen molar-refractivity contribution in [1.29, 1.82) is 0 Å². The maximum Gasteiger partial charge on any atom is 0.123 e. The van der Waals surface area contributed by atoms with Gasteiger partial charge in [-0.25, -0.2) is 9.37 Å². The summed E-state index contributed by atoms with van der Waals surface area (Å²) in [7, 11) is 2.01. The molecule has 1 unspecified atom stereocenters. The zero-order valence-electron chi connectivity index (χ0n) is 11.4. The van der Waals surface area contributed by atoms with Crippen molar-refractivity contribution >= 4 is 23.1 Å². The first-order chi connectivity index (χ1) is 9.76. The standard InChI is InChI=1S/C15H17FN2S2/c1-17-12-3-2-4-13-15(12)18-14(20-13)9-19-11-7-5-10(16)6-8-11/h5-8,12,17H,2-4,9H2,1H3. The minimum absolute atomic E-state index is 0.184.